The highest BCUT2D eigenvalue weighted by atomic mass is 14.7. The van der Waals surface area contributed by atoms with Crippen LogP contribution in [0, 0.1) is 16.7 Å². The third-order valence-electron chi connectivity index (χ3n) is 3.49. The zero-order chi connectivity index (χ0) is 13.7. The van der Waals surface area contributed by atoms with Crippen LogP contribution in [0.5, 0.6) is 0 Å². The summed E-state index contributed by atoms with van der Waals surface area (Å²) in [5, 5.41) is 9.43. The molecular formula is C17H18N2. The first-order valence-corrected chi connectivity index (χ1v) is 6.49. The van der Waals surface area contributed by atoms with Gasteiger partial charge in [0.2, 0.25) is 0 Å². The molecule has 2 nitrogen and oxygen atoms in total. The summed E-state index contributed by atoms with van der Waals surface area (Å²) in [4.78, 5) is 4.44. The van der Waals surface area contributed by atoms with Crippen molar-refractivity contribution in [3.63, 3.8) is 0 Å². The predicted molar refractivity (Wildman–Crippen MR) is 76.5 cm³/mol. The zero-order valence-corrected chi connectivity index (χ0v) is 11.4. The highest BCUT2D eigenvalue weighted by Gasteiger charge is 2.31. The normalized spacial score (nSPS) is 12.7. The average molecular weight is 250 g/mol. The lowest BCUT2D eigenvalue weighted by molar-refractivity contribution is 0.375. The molecular weight excluding hydrogens is 232 g/mol. The monoisotopic (exact) mass is 250 g/mol. The Morgan fingerprint density at radius 3 is 2.37 bits per heavy atom. The lowest BCUT2D eigenvalue weighted by atomic mass is 9.75. The van der Waals surface area contributed by atoms with E-state index in [2.05, 4.69) is 23.2 Å². The lowest BCUT2D eigenvalue weighted by Crippen LogP contribution is -2.23. The SMILES string of the molecule is CC(C)(C#N)C(Cc1ccccc1)c1ccccn1. The Labute approximate surface area is 114 Å². The molecule has 1 heterocycles. The van der Waals surface area contributed by atoms with Gasteiger partial charge in [-0.2, -0.15) is 5.26 Å². The van der Waals surface area contributed by atoms with Crippen LogP contribution in [0.1, 0.15) is 31.0 Å². The van der Waals surface area contributed by atoms with Crippen molar-refractivity contribution in [2.24, 2.45) is 5.41 Å². The van der Waals surface area contributed by atoms with Gasteiger partial charge in [0.1, 0.15) is 0 Å². The Hall–Kier alpha value is -2.14. The molecule has 1 aromatic carbocycles. The average Bonchev–Trinajstić information content (AvgIpc) is 2.46. The molecule has 0 aliphatic heterocycles. The molecule has 0 radical (unpaired) electrons. The highest BCUT2D eigenvalue weighted by Crippen LogP contribution is 2.36. The maximum atomic E-state index is 9.43. The second kappa shape index (κ2) is 5.67. The lowest BCUT2D eigenvalue weighted by Gasteiger charge is -2.27. The van der Waals surface area contributed by atoms with E-state index in [1.807, 2.05) is 50.2 Å². The van der Waals surface area contributed by atoms with Crippen molar-refractivity contribution in [1.29, 1.82) is 5.26 Å². The van der Waals surface area contributed by atoms with Gasteiger partial charge in [-0.1, -0.05) is 36.4 Å². The molecule has 2 heteroatoms. The first kappa shape index (κ1) is 13.3. The van der Waals surface area contributed by atoms with Crippen molar-refractivity contribution in [2.75, 3.05) is 0 Å². The van der Waals surface area contributed by atoms with E-state index in [0.29, 0.717) is 0 Å². The Bertz CT molecular complexity index is 553. The van der Waals surface area contributed by atoms with Gasteiger partial charge >= 0.3 is 0 Å². The number of hydrogen-bond donors (Lipinski definition) is 0. The number of benzene rings is 1. The molecule has 0 bridgehead atoms. The van der Waals surface area contributed by atoms with Crippen LogP contribution in [-0.4, -0.2) is 4.98 Å². The molecule has 1 aromatic heterocycles. The highest BCUT2D eigenvalue weighted by molar-refractivity contribution is 5.24. The van der Waals surface area contributed by atoms with Crippen LogP contribution in [0.2, 0.25) is 0 Å². The van der Waals surface area contributed by atoms with Crippen LogP contribution < -0.4 is 0 Å². The fourth-order valence-corrected chi connectivity index (χ4v) is 2.24. The summed E-state index contributed by atoms with van der Waals surface area (Å²) < 4.78 is 0. The van der Waals surface area contributed by atoms with Crippen LogP contribution >= 0.6 is 0 Å². The van der Waals surface area contributed by atoms with Gasteiger partial charge < -0.3 is 0 Å². The Morgan fingerprint density at radius 2 is 1.79 bits per heavy atom. The van der Waals surface area contributed by atoms with Crippen LogP contribution in [-0.2, 0) is 6.42 Å². The van der Waals surface area contributed by atoms with E-state index in [9.17, 15) is 5.26 Å². The van der Waals surface area contributed by atoms with Gasteiger partial charge in [-0.25, -0.2) is 0 Å². The van der Waals surface area contributed by atoms with Crippen molar-refractivity contribution in [2.45, 2.75) is 26.2 Å². The van der Waals surface area contributed by atoms with E-state index in [0.717, 1.165) is 12.1 Å². The molecule has 0 aliphatic carbocycles. The van der Waals surface area contributed by atoms with Crippen LogP contribution in [0.15, 0.2) is 54.7 Å². The van der Waals surface area contributed by atoms with Gasteiger partial charge in [-0.15, -0.1) is 0 Å². The van der Waals surface area contributed by atoms with Crippen molar-refractivity contribution < 1.29 is 0 Å². The summed E-state index contributed by atoms with van der Waals surface area (Å²) in [5.74, 6) is 0.0982. The zero-order valence-electron chi connectivity index (χ0n) is 11.4. The fraction of sp³-hybridized carbons (Fsp3) is 0.294. The molecule has 96 valence electrons. The van der Waals surface area contributed by atoms with E-state index in [4.69, 9.17) is 0 Å². The number of nitriles is 1. The molecule has 1 atom stereocenters. The number of hydrogen-bond acceptors (Lipinski definition) is 2. The number of pyridine rings is 1. The molecule has 2 rings (SSSR count). The fourth-order valence-electron chi connectivity index (χ4n) is 2.24. The summed E-state index contributed by atoms with van der Waals surface area (Å²) in [5.41, 5.74) is 1.78. The molecule has 0 saturated carbocycles. The standard InChI is InChI=1S/C17H18N2/c1-17(2,13-18)15(16-10-6-7-11-19-16)12-14-8-4-3-5-9-14/h3-11,15H,12H2,1-2H3. The van der Waals surface area contributed by atoms with Gasteiger partial charge in [0, 0.05) is 17.8 Å². The van der Waals surface area contributed by atoms with E-state index >= 15 is 0 Å². The molecule has 0 spiro atoms. The van der Waals surface area contributed by atoms with Gasteiger partial charge in [-0.3, -0.25) is 4.98 Å². The van der Waals surface area contributed by atoms with E-state index in [1.165, 1.54) is 5.56 Å². The number of rotatable bonds is 4. The van der Waals surface area contributed by atoms with Crippen LogP contribution in [0.4, 0.5) is 0 Å². The van der Waals surface area contributed by atoms with Crippen LogP contribution in [0.25, 0.3) is 0 Å². The molecule has 2 aromatic rings. The van der Waals surface area contributed by atoms with Crippen molar-refractivity contribution in [3.8, 4) is 6.07 Å². The maximum Gasteiger partial charge on any atom is 0.0691 e. The van der Waals surface area contributed by atoms with Gasteiger partial charge in [0.05, 0.1) is 11.5 Å². The van der Waals surface area contributed by atoms with Crippen LogP contribution in [0.3, 0.4) is 0 Å². The summed E-state index contributed by atoms with van der Waals surface area (Å²) in [6, 6.07) is 18.6. The Morgan fingerprint density at radius 1 is 1.11 bits per heavy atom. The number of nitrogens with zero attached hydrogens (tertiary/aromatic N) is 2. The van der Waals surface area contributed by atoms with Gasteiger partial charge in [0.15, 0.2) is 0 Å². The quantitative estimate of drug-likeness (QED) is 0.823. The first-order valence-electron chi connectivity index (χ1n) is 6.49. The topological polar surface area (TPSA) is 36.7 Å². The van der Waals surface area contributed by atoms with Crippen molar-refractivity contribution in [1.82, 2.24) is 4.98 Å². The van der Waals surface area contributed by atoms with Crippen molar-refractivity contribution >= 4 is 0 Å². The largest absolute Gasteiger partial charge is 0.261 e. The summed E-state index contributed by atoms with van der Waals surface area (Å²) in [6.45, 7) is 3.96. The van der Waals surface area contributed by atoms with E-state index < -0.39 is 5.41 Å². The van der Waals surface area contributed by atoms with Gasteiger partial charge in [-0.05, 0) is 38.0 Å². The van der Waals surface area contributed by atoms with E-state index in [-0.39, 0.29) is 5.92 Å². The number of aromatic nitrogens is 1. The molecule has 0 aliphatic rings. The molecule has 0 amide bonds. The summed E-state index contributed by atoms with van der Waals surface area (Å²) in [7, 11) is 0. The third-order valence-corrected chi connectivity index (χ3v) is 3.49. The molecule has 0 saturated heterocycles. The third kappa shape index (κ3) is 3.20. The first-order chi connectivity index (χ1) is 9.13. The second-order valence-electron chi connectivity index (χ2n) is 5.33. The molecule has 19 heavy (non-hydrogen) atoms. The van der Waals surface area contributed by atoms with E-state index in [1.54, 1.807) is 6.20 Å². The Kier molecular flexibility index (Phi) is 3.97. The predicted octanol–water partition coefficient (Wildman–Crippen LogP) is 3.96. The summed E-state index contributed by atoms with van der Waals surface area (Å²) >= 11 is 0. The molecule has 0 fully saturated rings. The van der Waals surface area contributed by atoms with Gasteiger partial charge in [0.25, 0.3) is 0 Å². The smallest absolute Gasteiger partial charge is 0.0691 e. The maximum absolute atomic E-state index is 9.43. The molecule has 0 N–H and O–H groups in total. The minimum Gasteiger partial charge on any atom is -0.261 e. The minimum atomic E-state index is -0.440. The summed E-state index contributed by atoms with van der Waals surface area (Å²) in [6.07, 6.45) is 2.62. The molecule has 1 unspecified atom stereocenters. The van der Waals surface area contributed by atoms with Crippen molar-refractivity contribution in [3.05, 3.63) is 66.0 Å². The minimum absolute atomic E-state index is 0.0982. The second-order valence-corrected chi connectivity index (χ2v) is 5.33. The Balaban J connectivity index is 2.34.